The lowest BCUT2D eigenvalue weighted by atomic mass is 9.91. The number of β-lactam (4-membered cyclic amide) rings is 1. The van der Waals surface area contributed by atoms with Gasteiger partial charge in [0, 0.05) is 12.2 Å². The monoisotopic (exact) mass is 375 g/mol. The molecule has 11 heteroatoms. The minimum atomic E-state index is -1.55. The first-order valence-electron chi connectivity index (χ1n) is 7.73. The lowest BCUT2D eigenvalue weighted by Gasteiger charge is -2.56. The molecule has 0 spiro atoms. The zero-order chi connectivity index (χ0) is 18.9. The van der Waals surface area contributed by atoms with E-state index in [-0.39, 0.29) is 25.0 Å². The topological polar surface area (TPSA) is 170 Å². The third-order valence-corrected chi connectivity index (χ3v) is 5.87. The molecule has 2 aliphatic heterocycles. The summed E-state index contributed by atoms with van der Waals surface area (Å²) in [5, 5.41) is 30.1. The van der Waals surface area contributed by atoms with Gasteiger partial charge in [-0.3, -0.25) is 14.4 Å². The van der Waals surface area contributed by atoms with E-state index in [0.717, 1.165) is 4.90 Å². The van der Waals surface area contributed by atoms with E-state index in [9.17, 15) is 29.4 Å². The Morgan fingerprint density at radius 1 is 1.44 bits per heavy atom. The van der Waals surface area contributed by atoms with Crippen molar-refractivity contribution in [3.8, 4) is 0 Å². The third-order valence-electron chi connectivity index (χ3n) is 4.28. The van der Waals surface area contributed by atoms with Crippen LogP contribution in [0.15, 0.2) is 0 Å². The van der Waals surface area contributed by atoms with Gasteiger partial charge in [0.1, 0.15) is 23.1 Å². The van der Waals surface area contributed by atoms with Gasteiger partial charge >= 0.3 is 11.9 Å². The molecule has 0 aliphatic carbocycles. The summed E-state index contributed by atoms with van der Waals surface area (Å²) in [5.41, 5.74) is 3.79. The lowest BCUT2D eigenvalue weighted by Crippen LogP contribution is -2.78. The highest BCUT2D eigenvalue weighted by molar-refractivity contribution is 8.00. The van der Waals surface area contributed by atoms with Crippen LogP contribution in [-0.2, 0) is 19.2 Å². The highest BCUT2D eigenvalue weighted by Gasteiger charge is 2.61. The van der Waals surface area contributed by atoms with E-state index < -0.39 is 52.9 Å². The predicted molar refractivity (Wildman–Crippen MR) is 86.5 cm³/mol. The van der Waals surface area contributed by atoms with Gasteiger partial charge in [0.05, 0.1) is 0 Å². The Bertz CT molecular complexity index is 597. The molecule has 0 aromatic rings. The minimum absolute atomic E-state index is 0.0161. The Kier molecular flexibility index (Phi) is 5.59. The molecule has 0 aromatic carbocycles. The molecule has 6 N–H and O–H groups in total. The quantitative estimate of drug-likeness (QED) is 0.321. The van der Waals surface area contributed by atoms with Crippen molar-refractivity contribution in [1.29, 1.82) is 0 Å². The van der Waals surface area contributed by atoms with Crippen LogP contribution in [-0.4, -0.2) is 78.8 Å². The molecule has 0 bridgehead atoms. The summed E-state index contributed by atoms with van der Waals surface area (Å²) in [6.45, 7) is 1.36. The number of rotatable bonds is 7. The second-order valence-electron chi connectivity index (χ2n) is 6.43. The largest absolute Gasteiger partial charge is 0.480 e. The van der Waals surface area contributed by atoms with Crippen molar-refractivity contribution in [1.82, 2.24) is 10.2 Å². The molecule has 2 amide bonds. The Hall–Kier alpha value is -1.85. The molecule has 1 unspecified atom stereocenters. The average molecular weight is 375 g/mol. The van der Waals surface area contributed by atoms with Crippen molar-refractivity contribution in [2.45, 2.75) is 55.3 Å². The molecular weight excluding hydrogens is 354 g/mol. The number of carbonyl (C=O) groups excluding carboxylic acids is 2. The number of carboxylic acids is 2. The van der Waals surface area contributed by atoms with Crippen molar-refractivity contribution in [2.24, 2.45) is 5.73 Å². The number of aliphatic hydroxyl groups is 1. The van der Waals surface area contributed by atoms with Gasteiger partial charge in [-0.15, -0.1) is 11.8 Å². The van der Waals surface area contributed by atoms with Crippen LogP contribution in [0.1, 0.15) is 26.2 Å². The van der Waals surface area contributed by atoms with Crippen molar-refractivity contribution in [3.63, 3.8) is 0 Å². The van der Waals surface area contributed by atoms with Crippen LogP contribution in [0.4, 0.5) is 0 Å². The molecule has 2 heterocycles. The van der Waals surface area contributed by atoms with Gasteiger partial charge in [-0.25, -0.2) is 4.79 Å². The zero-order valence-electron chi connectivity index (χ0n) is 13.5. The fourth-order valence-corrected chi connectivity index (χ4v) is 4.37. The summed E-state index contributed by atoms with van der Waals surface area (Å²) in [7, 11) is 0. The SMILES string of the molecule is C[C@]1(O)CS[C@@H]2[C@H](NC(=O)CCCC(N)C(=O)O)C(=O)N2[C@@H]1C(=O)O. The summed E-state index contributed by atoms with van der Waals surface area (Å²) in [6, 6.07) is -3.24. The molecule has 25 heavy (non-hydrogen) atoms. The van der Waals surface area contributed by atoms with Gasteiger partial charge in [-0.05, 0) is 19.8 Å². The second kappa shape index (κ2) is 7.18. The minimum Gasteiger partial charge on any atom is -0.480 e. The number of carbonyl (C=O) groups is 4. The summed E-state index contributed by atoms with van der Waals surface area (Å²) in [4.78, 5) is 47.2. The Morgan fingerprint density at radius 3 is 2.64 bits per heavy atom. The molecule has 10 nitrogen and oxygen atoms in total. The van der Waals surface area contributed by atoms with Gasteiger partial charge in [0.15, 0.2) is 6.04 Å². The average Bonchev–Trinajstić information content (AvgIpc) is 2.51. The summed E-state index contributed by atoms with van der Waals surface area (Å²) < 4.78 is 0. The predicted octanol–water partition coefficient (Wildman–Crippen LogP) is -1.83. The van der Waals surface area contributed by atoms with Gasteiger partial charge in [0.2, 0.25) is 11.8 Å². The van der Waals surface area contributed by atoms with Gasteiger partial charge in [-0.1, -0.05) is 0 Å². The molecule has 2 saturated heterocycles. The van der Waals surface area contributed by atoms with Crippen molar-refractivity contribution in [3.05, 3.63) is 0 Å². The number of aliphatic carboxylic acids is 2. The number of hydrogen-bond donors (Lipinski definition) is 5. The summed E-state index contributed by atoms with van der Waals surface area (Å²) >= 11 is 1.21. The van der Waals surface area contributed by atoms with Gasteiger partial charge < -0.3 is 31.3 Å². The molecule has 2 aliphatic rings. The first-order valence-corrected chi connectivity index (χ1v) is 8.78. The summed E-state index contributed by atoms with van der Waals surface area (Å²) in [5.74, 6) is -3.30. The van der Waals surface area contributed by atoms with Crippen molar-refractivity contribution in [2.75, 3.05) is 5.75 Å². The number of nitrogens with one attached hydrogen (secondary N) is 1. The highest BCUT2D eigenvalue weighted by atomic mass is 32.2. The van der Waals surface area contributed by atoms with E-state index >= 15 is 0 Å². The van der Waals surface area contributed by atoms with E-state index in [4.69, 9.17) is 10.8 Å². The molecule has 0 radical (unpaired) electrons. The Morgan fingerprint density at radius 2 is 2.08 bits per heavy atom. The lowest BCUT2D eigenvalue weighted by molar-refractivity contribution is -0.174. The standard InChI is InChI=1S/C14H21N3O7S/c1-14(24)5-25-11-8(10(19)17(11)9(14)13(22)23)16-7(18)4-2-3-6(15)12(20)21/h6,8-9,11,24H,2-5,15H2,1H3,(H,16,18)(H,20,21)(H,22,23)/t6?,8-,9-,11-,14+/m1/s1. The molecule has 2 rings (SSSR count). The molecule has 0 aromatic heterocycles. The zero-order valence-corrected chi connectivity index (χ0v) is 14.4. The van der Waals surface area contributed by atoms with E-state index in [1.165, 1.54) is 18.7 Å². The van der Waals surface area contributed by atoms with Crippen LogP contribution in [0, 0.1) is 0 Å². The maximum absolute atomic E-state index is 12.2. The highest BCUT2D eigenvalue weighted by Crippen LogP contribution is 2.42. The Labute approximate surface area is 147 Å². The van der Waals surface area contributed by atoms with E-state index in [1.807, 2.05) is 0 Å². The maximum atomic E-state index is 12.2. The van der Waals surface area contributed by atoms with Crippen LogP contribution >= 0.6 is 11.8 Å². The molecular formula is C14H21N3O7S. The number of amides is 2. The maximum Gasteiger partial charge on any atom is 0.329 e. The van der Waals surface area contributed by atoms with E-state index in [1.54, 1.807) is 0 Å². The van der Waals surface area contributed by atoms with Crippen LogP contribution < -0.4 is 11.1 Å². The van der Waals surface area contributed by atoms with E-state index in [2.05, 4.69) is 5.32 Å². The normalized spacial score (nSPS) is 32.4. The van der Waals surface area contributed by atoms with Gasteiger partial charge in [-0.2, -0.15) is 0 Å². The van der Waals surface area contributed by atoms with Crippen LogP contribution in [0.5, 0.6) is 0 Å². The molecule has 0 saturated carbocycles. The number of nitrogens with two attached hydrogens (primary N) is 1. The first kappa shape index (κ1) is 19.5. The van der Waals surface area contributed by atoms with Crippen molar-refractivity contribution >= 4 is 35.5 Å². The fourth-order valence-electron chi connectivity index (χ4n) is 2.94. The number of hydrogen-bond acceptors (Lipinski definition) is 7. The van der Waals surface area contributed by atoms with Crippen LogP contribution in [0.3, 0.4) is 0 Å². The van der Waals surface area contributed by atoms with Gasteiger partial charge in [0.25, 0.3) is 0 Å². The van der Waals surface area contributed by atoms with Crippen LogP contribution in [0.2, 0.25) is 0 Å². The number of thioether (sulfide) groups is 1. The third kappa shape index (κ3) is 3.88. The number of fused-ring (bicyclic) bond motifs is 1. The molecule has 5 atom stereocenters. The smallest absolute Gasteiger partial charge is 0.329 e. The number of nitrogens with zero attached hydrogens (tertiary/aromatic N) is 1. The fraction of sp³-hybridized carbons (Fsp3) is 0.714. The second-order valence-corrected chi connectivity index (χ2v) is 7.53. The first-order chi connectivity index (χ1) is 11.6. The molecule has 140 valence electrons. The van der Waals surface area contributed by atoms with Crippen molar-refractivity contribution < 1.29 is 34.5 Å². The van der Waals surface area contributed by atoms with Crippen LogP contribution in [0.25, 0.3) is 0 Å². The summed E-state index contributed by atoms with van der Waals surface area (Å²) in [6.07, 6.45) is 0.409. The Balaban J connectivity index is 1.89. The van der Waals surface area contributed by atoms with E-state index in [0.29, 0.717) is 0 Å². The number of carboxylic acid groups (broad SMARTS) is 2. The molecule has 2 fully saturated rings.